The molecule has 1 aromatic heterocycles. The predicted octanol–water partition coefficient (Wildman–Crippen LogP) is 1.85. The van der Waals surface area contributed by atoms with E-state index < -0.39 is 5.54 Å². The van der Waals surface area contributed by atoms with Gasteiger partial charge in [-0.2, -0.15) is 5.10 Å². The highest BCUT2D eigenvalue weighted by molar-refractivity contribution is 5.85. The maximum atomic E-state index is 13.2. The molecule has 1 aliphatic heterocycles. The first-order chi connectivity index (χ1) is 11.7. The number of carbonyl (C=O) groups is 1. The molecule has 24 heavy (non-hydrogen) atoms. The Kier molecular flexibility index (Phi) is 4.85. The van der Waals surface area contributed by atoms with Gasteiger partial charge in [0.1, 0.15) is 11.3 Å². The van der Waals surface area contributed by atoms with E-state index in [0.717, 1.165) is 37.2 Å². The van der Waals surface area contributed by atoms with E-state index in [2.05, 4.69) is 15.7 Å². The number of methoxy groups -OCH3 is 1. The van der Waals surface area contributed by atoms with Gasteiger partial charge in [-0.3, -0.25) is 9.48 Å². The maximum Gasteiger partial charge on any atom is 0.248 e. The Bertz CT molecular complexity index is 678. The minimum atomic E-state index is -0.634. The van der Waals surface area contributed by atoms with Crippen molar-refractivity contribution >= 4 is 5.91 Å². The average Bonchev–Trinajstić information content (AvgIpc) is 3.17. The van der Waals surface area contributed by atoms with Crippen LogP contribution in [-0.2, 0) is 10.3 Å². The lowest BCUT2D eigenvalue weighted by Crippen LogP contribution is -2.55. The van der Waals surface area contributed by atoms with Gasteiger partial charge in [0.15, 0.2) is 0 Å². The van der Waals surface area contributed by atoms with E-state index in [4.69, 9.17) is 4.74 Å². The molecule has 0 radical (unpaired) electrons. The van der Waals surface area contributed by atoms with Crippen LogP contribution in [-0.4, -0.2) is 35.9 Å². The predicted molar refractivity (Wildman–Crippen MR) is 91.9 cm³/mol. The number of amides is 1. The van der Waals surface area contributed by atoms with E-state index in [9.17, 15) is 4.79 Å². The fraction of sp³-hybridized carbons (Fsp3) is 0.444. The number of hydrogen-bond acceptors (Lipinski definition) is 4. The summed E-state index contributed by atoms with van der Waals surface area (Å²) in [5.41, 5.74) is 0.336. The zero-order valence-corrected chi connectivity index (χ0v) is 14.2. The van der Waals surface area contributed by atoms with Crippen molar-refractivity contribution in [2.24, 2.45) is 0 Å². The van der Waals surface area contributed by atoms with E-state index in [1.165, 1.54) is 0 Å². The molecule has 0 aliphatic carbocycles. The van der Waals surface area contributed by atoms with Gasteiger partial charge in [-0.15, -0.1) is 0 Å². The molecule has 6 nitrogen and oxygen atoms in total. The maximum absolute atomic E-state index is 13.2. The summed E-state index contributed by atoms with van der Waals surface area (Å²) in [5.74, 6) is 0.787. The highest BCUT2D eigenvalue weighted by Gasteiger charge is 2.42. The molecule has 1 aliphatic rings. The molecule has 3 rings (SSSR count). The highest BCUT2D eigenvalue weighted by atomic mass is 16.5. The van der Waals surface area contributed by atoms with Crippen LogP contribution in [0, 0.1) is 0 Å². The summed E-state index contributed by atoms with van der Waals surface area (Å²) >= 11 is 0. The molecule has 1 fully saturated rings. The van der Waals surface area contributed by atoms with Gasteiger partial charge < -0.3 is 15.4 Å². The molecule has 2 aromatic rings. The van der Waals surface area contributed by atoms with Crippen LogP contribution in [0.3, 0.4) is 0 Å². The molecule has 1 saturated heterocycles. The van der Waals surface area contributed by atoms with Crippen LogP contribution >= 0.6 is 0 Å². The summed E-state index contributed by atoms with van der Waals surface area (Å²) < 4.78 is 7.22. The minimum Gasteiger partial charge on any atom is -0.496 e. The molecule has 1 aromatic carbocycles. The van der Waals surface area contributed by atoms with E-state index >= 15 is 0 Å². The number of nitrogens with zero attached hydrogens (tertiary/aromatic N) is 2. The molecular formula is C18H24N4O2. The highest BCUT2D eigenvalue weighted by Crippen LogP contribution is 2.30. The number of para-hydroxylation sites is 1. The number of piperidine rings is 1. The molecule has 0 spiro atoms. The number of hydrogen-bond donors (Lipinski definition) is 2. The lowest BCUT2D eigenvalue weighted by atomic mass is 9.87. The summed E-state index contributed by atoms with van der Waals surface area (Å²) in [6.45, 7) is 3.58. The normalized spacial score (nSPS) is 17.9. The Morgan fingerprint density at radius 2 is 2.08 bits per heavy atom. The van der Waals surface area contributed by atoms with Gasteiger partial charge in [0, 0.05) is 18.0 Å². The van der Waals surface area contributed by atoms with Gasteiger partial charge in [-0.05, 0) is 45.0 Å². The van der Waals surface area contributed by atoms with Crippen LogP contribution in [0.25, 0.3) is 0 Å². The average molecular weight is 328 g/mol. The third-order valence-electron chi connectivity index (χ3n) is 4.75. The zero-order valence-electron chi connectivity index (χ0n) is 14.2. The monoisotopic (exact) mass is 328 g/mol. The number of rotatable bonds is 5. The van der Waals surface area contributed by atoms with E-state index in [1.807, 2.05) is 43.5 Å². The Morgan fingerprint density at radius 1 is 1.33 bits per heavy atom. The largest absolute Gasteiger partial charge is 0.496 e. The van der Waals surface area contributed by atoms with Crippen molar-refractivity contribution in [2.75, 3.05) is 20.2 Å². The number of carbonyl (C=O) groups excluding carboxylic acids is 1. The molecule has 128 valence electrons. The van der Waals surface area contributed by atoms with Gasteiger partial charge >= 0.3 is 0 Å². The molecule has 1 unspecified atom stereocenters. The van der Waals surface area contributed by atoms with Gasteiger partial charge in [0.25, 0.3) is 0 Å². The number of aromatic nitrogens is 2. The zero-order chi connectivity index (χ0) is 17.0. The molecule has 1 amide bonds. The van der Waals surface area contributed by atoms with Gasteiger partial charge in [0.05, 0.1) is 13.2 Å². The van der Waals surface area contributed by atoms with Crippen molar-refractivity contribution in [2.45, 2.75) is 31.3 Å². The molecule has 0 saturated carbocycles. The van der Waals surface area contributed by atoms with Crippen LogP contribution in [0.2, 0.25) is 0 Å². The number of nitrogens with one attached hydrogen (secondary N) is 2. The van der Waals surface area contributed by atoms with E-state index in [1.54, 1.807) is 18.0 Å². The van der Waals surface area contributed by atoms with Gasteiger partial charge in [-0.25, -0.2) is 0 Å². The lowest BCUT2D eigenvalue weighted by Gasteiger charge is -2.37. The van der Waals surface area contributed by atoms with Gasteiger partial charge in [0.2, 0.25) is 5.91 Å². The van der Waals surface area contributed by atoms with E-state index in [-0.39, 0.29) is 11.9 Å². The first kappa shape index (κ1) is 16.5. The van der Waals surface area contributed by atoms with Crippen molar-refractivity contribution in [1.29, 1.82) is 0 Å². The Labute approximate surface area is 142 Å². The summed E-state index contributed by atoms with van der Waals surface area (Å²) in [4.78, 5) is 13.2. The second-order valence-corrected chi connectivity index (χ2v) is 6.17. The second kappa shape index (κ2) is 7.05. The molecule has 2 heterocycles. The third kappa shape index (κ3) is 3.01. The van der Waals surface area contributed by atoms with Crippen molar-refractivity contribution in [3.05, 3.63) is 48.3 Å². The van der Waals surface area contributed by atoms with Crippen LogP contribution in [0.5, 0.6) is 5.75 Å². The summed E-state index contributed by atoms with van der Waals surface area (Å²) in [7, 11) is 1.64. The Morgan fingerprint density at radius 3 is 2.75 bits per heavy atom. The van der Waals surface area contributed by atoms with Crippen LogP contribution < -0.4 is 15.4 Å². The Balaban J connectivity index is 1.84. The minimum absolute atomic E-state index is 0.00565. The second-order valence-electron chi connectivity index (χ2n) is 6.17. The molecule has 6 heteroatoms. The molecule has 2 N–H and O–H groups in total. The first-order valence-electron chi connectivity index (χ1n) is 8.32. The number of benzene rings is 1. The SMILES string of the molecule is COc1ccccc1C(C)NC(=O)C1(n2cccn2)CCNCC1. The van der Waals surface area contributed by atoms with E-state index in [0.29, 0.717) is 0 Å². The summed E-state index contributed by atoms with van der Waals surface area (Å²) in [6, 6.07) is 9.48. The van der Waals surface area contributed by atoms with Crippen LogP contribution in [0.15, 0.2) is 42.7 Å². The molecule has 1 atom stereocenters. The standard InChI is InChI=1S/C18H24N4O2/c1-14(15-6-3-4-7-16(15)24-2)21-17(23)18(8-11-19-12-9-18)22-13-5-10-20-22/h3-7,10,13-14,19H,8-9,11-12H2,1-2H3,(H,21,23). The van der Waals surface area contributed by atoms with Crippen LogP contribution in [0.1, 0.15) is 31.4 Å². The van der Waals surface area contributed by atoms with Gasteiger partial charge in [-0.1, -0.05) is 18.2 Å². The number of ether oxygens (including phenoxy) is 1. The first-order valence-corrected chi connectivity index (χ1v) is 8.32. The third-order valence-corrected chi connectivity index (χ3v) is 4.75. The summed E-state index contributed by atoms with van der Waals surface area (Å²) in [6.07, 6.45) is 5.04. The van der Waals surface area contributed by atoms with Crippen LogP contribution in [0.4, 0.5) is 0 Å². The van der Waals surface area contributed by atoms with Crippen molar-refractivity contribution in [1.82, 2.24) is 20.4 Å². The smallest absolute Gasteiger partial charge is 0.248 e. The fourth-order valence-corrected chi connectivity index (χ4v) is 3.36. The van der Waals surface area contributed by atoms with Crippen molar-refractivity contribution in [3.8, 4) is 5.75 Å². The Hall–Kier alpha value is -2.34. The molecule has 0 bridgehead atoms. The summed E-state index contributed by atoms with van der Waals surface area (Å²) in [5, 5.41) is 10.8. The topological polar surface area (TPSA) is 68.2 Å². The van der Waals surface area contributed by atoms with Crippen molar-refractivity contribution < 1.29 is 9.53 Å². The quantitative estimate of drug-likeness (QED) is 0.879. The van der Waals surface area contributed by atoms with Crippen molar-refractivity contribution in [3.63, 3.8) is 0 Å². The fourth-order valence-electron chi connectivity index (χ4n) is 3.36. The lowest BCUT2D eigenvalue weighted by molar-refractivity contribution is -0.132. The molecular weight excluding hydrogens is 304 g/mol.